The number of carbonyl (C=O) groups excluding carboxylic acids is 1. The highest BCUT2D eigenvalue weighted by Crippen LogP contribution is 2.46. The Hall–Kier alpha value is -2.64. The molecule has 7 heteroatoms. The van der Waals surface area contributed by atoms with Crippen molar-refractivity contribution in [3.05, 3.63) is 53.9 Å². The van der Waals surface area contributed by atoms with Gasteiger partial charge < -0.3 is 20.6 Å². The summed E-state index contributed by atoms with van der Waals surface area (Å²) in [6.07, 6.45) is 12.1. The van der Waals surface area contributed by atoms with Gasteiger partial charge in [0.25, 0.3) is 0 Å². The molecule has 1 saturated heterocycles. The lowest BCUT2D eigenvalue weighted by Crippen LogP contribution is -2.62. The van der Waals surface area contributed by atoms with Gasteiger partial charge in [0, 0.05) is 31.5 Å². The van der Waals surface area contributed by atoms with Gasteiger partial charge in [0.05, 0.1) is 12.0 Å². The predicted octanol–water partition coefficient (Wildman–Crippen LogP) is 3.81. The van der Waals surface area contributed by atoms with Crippen molar-refractivity contribution in [3.63, 3.8) is 0 Å². The van der Waals surface area contributed by atoms with Crippen LogP contribution in [-0.4, -0.2) is 62.9 Å². The number of likely N-dealkylation sites (N-methyl/N-ethyl adjacent to an activating group) is 1. The van der Waals surface area contributed by atoms with E-state index in [0.717, 1.165) is 62.4 Å². The first-order chi connectivity index (χ1) is 17.4. The second-order valence-corrected chi connectivity index (χ2v) is 10.7. The third-order valence-corrected chi connectivity index (χ3v) is 8.15. The highest BCUT2D eigenvalue weighted by atomic mass is 16.3. The number of nitrogens with one attached hydrogen (secondary N) is 1. The number of pyridine rings is 1. The van der Waals surface area contributed by atoms with E-state index in [4.69, 9.17) is 0 Å². The Labute approximate surface area is 214 Å². The molecule has 3 aliphatic rings. The van der Waals surface area contributed by atoms with Gasteiger partial charge in [-0.25, -0.2) is 0 Å². The maximum atomic E-state index is 11.6. The lowest BCUT2D eigenvalue weighted by atomic mass is 9.66. The zero-order chi connectivity index (χ0) is 25.5. The molecule has 0 radical (unpaired) electrons. The zero-order valence-corrected chi connectivity index (χ0v) is 21.4. The summed E-state index contributed by atoms with van der Waals surface area (Å²) in [5, 5.41) is 33.4. The fourth-order valence-corrected chi connectivity index (χ4v) is 5.95. The number of phenolic OH excluding ortho intramolecular Hbond substituents is 2. The van der Waals surface area contributed by atoms with Gasteiger partial charge in [0.15, 0.2) is 11.5 Å². The highest BCUT2D eigenvalue weighted by Gasteiger charge is 2.50. The molecule has 196 valence electrons. The summed E-state index contributed by atoms with van der Waals surface area (Å²) in [7, 11) is 1.62. The fourth-order valence-electron chi connectivity index (χ4n) is 5.95. The van der Waals surface area contributed by atoms with Crippen LogP contribution >= 0.6 is 0 Å². The Morgan fingerprint density at radius 2 is 1.94 bits per heavy atom. The summed E-state index contributed by atoms with van der Waals surface area (Å²) in [6.45, 7) is 2.26. The number of likely N-dealkylation sites (tertiary alicyclic amines) is 1. The van der Waals surface area contributed by atoms with E-state index in [-0.39, 0.29) is 23.4 Å². The molecule has 4 N–H and O–H groups in total. The smallest absolute Gasteiger partial charge is 0.225 e. The predicted molar refractivity (Wildman–Crippen MR) is 140 cm³/mol. The normalized spacial score (nSPS) is 25.8. The number of hydrogen-bond acceptors (Lipinski definition) is 6. The van der Waals surface area contributed by atoms with Gasteiger partial charge in [-0.2, -0.15) is 0 Å². The largest absolute Gasteiger partial charge is 0.504 e. The number of phenols is 2. The first-order valence-corrected chi connectivity index (χ1v) is 13.5. The van der Waals surface area contributed by atoms with Gasteiger partial charge in [0.2, 0.25) is 5.91 Å². The van der Waals surface area contributed by atoms with Gasteiger partial charge >= 0.3 is 0 Å². The van der Waals surface area contributed by atoms with E-state index in [1.807, 2.05) is 24.3 Å². The fraction of sp³-hybridized carbons (Fsp3) is 0.586. The Kier molecular flexibility index (Phi) is 8.86. The van der Waals surface area contributed by atoms with Gasteiger partial charge in [0.1, 0.15) is 0 Å². The van der Waals surface area contributed by atoms with Gasteiger partial charge in [-0.05, 0) is 93.2 Å². The van der Waals surface area contributed by atoms with Crippen LogP contribution in [0, 0.1) is 11.8 Å². The summed E-state index contributed by atoms with van der Waals surface area (Å²) in [5.74, 6) is 1.16. The van der Waals surface area contributed by atoms with Crippen LogP contribution in [0.25, 0.3) is 0 Å². The lowest BCUT2D eigenvalue weighted by Gasteiger charge is -2.54. The van der Waals surface area contributed by atoms with E-state index in [2.05, 4.69) is 15.2 Å². The molecular formula is C29H41N3O4. The van der Waals surface area contributed by atoms with Crippen molar-refractivity contribution in [2.75, 3.05) is 20.1 Å². The maximum absolute atomic E-state index is 11.6. The molecule has 2 heterocycles. The second-order valence-electron chi connectivity index (χ2n) is 10.7. The van der Waals surface area contributed by atoms with E-state index in [1.54, 1.807) is 25.4 Å². The van der Waals surface area contributed by atoms with Crippen molar-refractivity contribution in [2.24, 2.45) is 11.8 Å². The summed E-state index contributed by atoms with van der Waals surface area (Å²) in [5.41, 5.74) is 1.29. The van der Waals surface area contributed by atoms with Gasteiger partial charge in [-0.1, -0.05) is 25.0 Å². The van der Waals surface area contributed by atoms with Crippen LogP contribution in [0.15, 0.2) is 42.6 Å². The minimum absolute atomic E-state index is 0.0105. The molecule has 1 aromatic carbocycles. The topological polar surface area (TPSA) is 106 Å². The molecule has 36 heavy (non-hydrogen) atoms. The summed E-state index contributed by atoms with van der Waals surface area (Å²) in [4.78, 5) is 17.4. The number of aliphatic hydroxyl groups is 1. The van der Waals surface area contributed by atoms with E-state index in [0.29, 0.717) is 12.3 Å². The van der Waals surface area contributed by atoms with Crippen molar-refractivity contribution in [1.82, 2.24) is 15.2 Å². The van der Waals surface area contributed by atoms with E-state index < -0.39 is 5.60 Å². The number of hydrogen-bond donors (Lipinski definition) is 4. The molecule has 2 unspecified atom stereocenters. The Bertz CT molecular complexity index is 997. The number of aromatic nitrogens is 1. The zero-order valence-electron chi connectivity index (χ0n) is 21.4. The maximum Gasteiger partial charge on any atom is 0.225 e. The van der Waals surface area contributed by atoms with Crippen LogP contribution in [0.2, 0.25) is 0 Å². The average molecular weight is 496 g/mol. The van der Waals surface area contributed by atoms with Crippen molar-refractivity contribution < 1.29 is 20.1 Å². The summed E-state index contributed by atoms with van der Waals surface area (Å²) in [6, 6.07) is 10.8. The standard InChI is InChI=1S/C21H31NO3.C8H10N2O/c23-18-8-6-15(13-19(18)24)7-9-20-21(25)11-2-1-3-17(21)10-12-22(20)14-16-4-5-16;1-9-8(11)6-7-4-2-3-5-10-7/h6,8,13,16-17,20,23-25H,1-5,7,9-12,14H2;2-5H,6H2,1H3,(H,9,11)/t17?,20-,21?;/m1./s1. The number of nitrogens with zero attached hydrogens (tertiary/aromatic N) is 2. The highest BCUT2D eigenvalue weighted by molar-refractivity contribution is 5.77. The summed E-state index contributed by atoms with van der Waals surface area (Å²) < 4.78 is 0. The molecule has 0 spiro atoms. The minimum atomic E-state index is -0.537. The molecule has 1 amide bonds. The summed E-state index contributed by atoms with van der Waals surface area (Å²) >= 11 is 0. The molecule has 2 aliphatic carbocycles. The lowest BCUT2D eigenvalue weighted by molar-refractivity contribution is -0.143. The monoisotopic (exact) mass is 495 g/mol. The van der Waals surface area contributed by atoms with Crippen LogP contribution in [0.4, 0.5) is 0 Å². The van der Waals surface area contributed by atoms with Crippen molar-refractivity contribution in [3.8, 4) is 11.5 Å². The van der Waals surface area contributed by atoms with E-state index in [1.165, 1.54) is 25.7 Å². The van der Waals surface area contributed by atoms with Gasteiger partial charge in [-0.3, -0.25) is 14.7 Å². The van der Waals surface area contributed by atoms with E-state index >= 15 is 0 Å². The molecule has 7 nitrogen and oxygen atoms in total. The number of aryl methyl sites for hydroxylation is 1. The average Bonchev–Trinajstić information content (AvgIpc) is 3.70. The second kappa shape index (κ2) is 12.1. The molecule has 1 aromatic heterocycles. The van der Waals surface area contributed by atoms with Crippen molar-refractivity contribution in [2.45, 2.75) is 75.9 Å². The van der Waals surface area contributed by atoms with Crippen molar-refractivity contribution >= 4 is 5.91 Å². The molecule has 1 aliphatic heterocycles. The Morgan fingerprint density at radius 1 is 1.11 bits per heavy atom. The number of benzene rings is 1. The Balaban J connectivity index is 0.000000233. The van der Waals surface area contributed by atoms with Gasteiger partial charge in [-0.15, -0.1) is 0 Å². The number of piperidine rings is 1. The first kappa shape index (κ1) is 26.4. The number of amides is 1. The number of aromatic hydroxyl groups is 2. The van der Waals surface area contributed by atoms with Crippen molar-refractivity contribution in [1.29, 1.82) is 0 Å². The van der Waals surface area contributed by atoms with Crippen LogP contribution in [-0.2, 0) is 17.6 Å². The molecule has 5 rings (SSSR count). The Morgan fingerprint density at radius 3 is 2.64 bits per heavy atom. The minimum Gasteiger partial charge on any atom is -0.504 e. The van der Waals surface area contributed by atoms with Crippen LogP contribution in [0.5, 0.6) is 11.5 Å². The first-order valence-electron chi connectivity index (χ1n) is 13.5. The van der Waals surface area contributed by atoms with Crippen LogP contribution < -0.4 is 5.32 Å². The molecule has 3 atom stereocenters. The third-order valence-electron chi connectivity index (χ3n) is 8.15. The molecule has 0 bridgehead atoms. The molecule has 3 fully saturated rings. The molecular weight excluding hydrogens is 454 g/mol. The quantitative estimate of drug-likeness (QED) is 0.436. The van der Waals surface area contributed by atoms with Crippen LogP contribution in [0.1, 0.15) is 62.6 Å². The molecule has 2 aromatic rings. The number of rotatable bonds is 7. The van der Waals surface area contributed by atoms with Crippen LogP contribution in [0.3, 0.4) is 0 Å². The number of carbonyl (C=O) groups is 1. The SMILES string of the molecule is CNC(=O)Cc1ccccn1.Oc1ccc(CC[C@H]2N(CC3CC3)CCC3CCCCC32O)cc1O. The van der Waals surface area contributed by atoms with E-state index in [9.17, 15) is 20.1 Å². The third kappa shape index (κ3) is 6.77. The molecule has 2 saturated carbocycles. The number of fused-ring (bicyclic) bond motifs is 1.